The Balaban J connectivity index is 1.72. The van der Waals surface area contributed by atoms with Crippen molar-refractivity contribution in [3.63, 3.8) is 0 Å². The van der Waals surface area contributed by atoms with Crippen molar-refractivity contribution in [2.75, 3.05) is 6.54 Å². The average Bonchev–Trinajstić information content (AvgIpc) is 2.42. The van der Waals surface area contributed by atoms with Crippen LogP contribution in [0.5, 0.6) is 0 Å². The Morgan fingerprint density at radius 1 is 1.36 bits per heavy atom. The zero-order valence-electron chi connectivity index (χ0n) is 13.8. The highest BCUT2D eigenvalue weighted by Gasteiger charge is 2.24. The van der Waals surface area contributed by atoms with Gasteiger partial charge >= 0.3 is 6.09 Å². The summed E-state index contributed by atoms with van der Waals surface area (Å²) >= 11 is 0. The van der Waals surface area contributed by atoms with Crippen LogP contribution < -0.4 is 5.32 Å². The van der Waals surface area contributed by atoms with E-state index in [1.54, 1.807) is 0 Å². The third-order valence-corrected chi connectivity index (χ3v) is 3.94. The van der Waals surface area contributed by atoms with Crippen molar-refractivity contribution in [2.45, 2.75) is 58.2 Å². The van der Waals surface area contributed by atoms with Gasteiger partial charge in [-0.1, -0.05) is 24.3 Å². The summed E-state index contributed by atoms with van der Waals surface area (Å²) in [7, 11) is 0. The fraction of sp³-hybridized carbons (Fsp3) is 0.611. The smallest absolute Gasteiger partial charge is 0.407 e. The highest BCUT2D eigenvalue weighted by atomic mass is 16.6. The second kappa shape index (κ2) is 7.14. The minimum absolute atomic E-state index is 0.353. The van der Waals surface area contributed by atoms with Crippen molar-refractivity contribution < 1.29 is 14.6 Å². The summed E-state index contributed by atoms with van der Waals surface area (Å²) in [6.45, 7) is 6.18. The Bertz CT molecular complexity index is 507. The van der Waals surface area contributed by atoms with Gasteiger partial charge in [0, 0.05) is 6.54 Å². The molecular weight excluding hydrogens is 278 g/mol. The van der Waals surface area contributed by atoms with E-state index in [4.69, 9.17) is 4.74 Å². The summed E-state index contributed by atoms with van der Waals surface area (Å²) in [5, 5.41) is 13.0. The van der Waals surface area contributed by atoms with Crippen LogP contribution in [0.25, 0.3) is 0 Å². The van der Waals surface area contributed by atoms with E-state index in [-0.39, 0.29) is 12.2 Å². The van der Waals surface area contributed by atoms with E-state index in [1.165, 1.54) is 5.56 Å². The van der Waals surface area contributed by atoms with E-state index in [1.807, 2.05) is 39.0 Å². The monoisotopic (exact) mass is 305 g/mol. The van der Waals surface area contributed by atoms with Crippen LogP contribution in [-0.2, 0) is 11.2 Å². The van der Waals surface area contributed by atoms with Crippen molar-refractivity contribution in [1.29, 1.82) is 0 Å². The standard InChI is InChI=1S/C18H27NO3/c1-18(2,3)22-17(21)19-10-6-7-13-11-14-8-4-5-9-15(14)16(20)12-13/h4-5,8-9,13,16,20H,6-7,10-12H2,1-3H3,(H,19,21)/t13-,16?/m1/s1. The molecule has 1 amide bonds. The molecule has 0 bridgehead atoms. The lowest BCUT2D eigenvalue weighted by atomic mass is 9.80. The summed E-state index contributed by atoms with van der Waals surface area (Å²) in [5.74, 6) is 0.477. The molecule has 2 atom stereocenters. The molecule has 0 radical (unpaired) electrons. The Morgan fingerprint density at radius 3 is 2.82 bits per heavy atom. The fourth-order valence-electron chi connectivity index (χ4n) is 3.00. The van der Waals surface area contributed by atoms with Gasteiger partial charge in [-0.25, -0.2) is 4.79 Å². The summed E-state index contributed by atoms with van der Waals surface area (Å²) < 4.78 is 5.20. The van der Waals surface area contributed by atoms with Gasteiger partial charge in [0.2, 0.25) is 0 Å². The highest BCUT2D eigenvalue weighted by molar-refractivity contribution is 5.67. The number of rotatable bonds is 4. The topological polar surface area (TPSA) is 58.6 Å². The van der Waals surface area contributed by atoms with E-state index < -0.39 is 5.60 Å². The van der Waals surface area contributed by atoms with E-state index in [9.17, 15) is 9.90 Å². The van der Waals surface area contributed by atoms with Crippen molar-refractivity contribution in [3.8, 4) is 0 Å². The maximum atomic E-state index is 11.6. The summed E-state index contributed by atoms with van der Waals surface area (Å²) in [6.07, 6.45) is 3.01. The van der Waals surface area contributed by atoms with Crippen LogP contribution in [0, 0.1) is 5.92 Å². The molecular formula is C18H27NO3. The number of nitrogens with one attached hydrogen (secondary N) is 1. The normalized spacial score (nSPS) is 21.1. The van der Waals surface area contributed by atoms with E-state index in [0.29, 0.717) is 12.5 Å². The molecule has 1 aliphatic rings. The number of aliphatic hydroxyl groups is 1. The second-order valence-electron chi connectivity index (χ2n) is 7.09. The van der Waals surface area contributed by atoms with Gasteiger partial charge in [0.05, 0.1) is 6.10 Å². The summed E-state index contributed by atoms with van der Waals surface area (Å²) in [6, 6.07) is 8.12. The minimum Gasteiger partial charge on any atom is -0.444 e. The van der Waals surface area contributed by atoms with Crippen LogP contribution in [0.1, 0.15) is 57.3 Å². The van der Waals surface area contributed by atoms with Gasteiger partial charge in [-0.15, -0.1) is 0 Å². The number of ether oxygens (including phenoxy) is 1. The maximum absolute atomic E-state index is 11.6. The summed E-state index contributed by atoms with van der Waals surface area (Å²) in [4.78, 5) is 11.6. The molecule has 0 aliphatic heterocycles. The SMILES string of the molecule is CC(C)(C)OC(=O)NCCC[C@@H]1Cc2ccccc2C(O)C1. The van der Waals surface area contributed by atoms with Crippen molar-refractivity contribution >= 4 is 6.09 Å². The average molecular weight is 305 g/mol. The Labute approximate surface area is 132 Å². The molecule has 0 saturated carbocycles. The van der Waals surface area contributed by atoms with E-state index in [0.717, 1.165) is 31.2 Å². The van der Waals surface area contributed by atoms with Crippen molar-refractivity contribution in [1.82, 2.24) is 5.32 Å². The maximum Gasteiger partial charge on any atom is 0.407 e. The van der Waals surface area contributed by atoms with Gasteiger partial charge in [0.25, 0.3) is 0 Å². The number of hydrogen-bond acceptors (Lipinski definition) is 3. The minimum atomic E-state index is -0.457. The van der Waals surface area contributed by atoms with Crippen LogP contribution >= 0.6 is 0 Å². The lowest BCUT2D eigenvalue weighted by molar-refractivity contribution is 0.0525. The molecule has 122 valence electrons. The first-order valence-electron chi connectivity index (χ1n) is 8.08. The molecule has 1 aromatic rings. The molecule has 0 aromatic heterocycles. The van der Waals surface area contributed by atoms with Crippen molar-refractivity contribution in [2.24, 2.45) is 5.92 Å². The van der Waals surface area contributed by atoms with E-state index >= 15 is 0 Å². The predicted octanol–water partition coefficient (Wildman–Crippen LogP) is 3.59. The van der Waals surface area contributed by atoms with Gasteiger partial charge in [0.1, 0.15) is 5.60 Å². The number of fused-ring (bicyclic) bond motifs is 1. The lowest BCUT2D eigenvalue weighted by Crippen LogP contribution is -2.33. The number of amides is 1. The number of carbonyl (C=O) groups is 1. The molecule has 4 nitrogen and oxygen atoms in total. The molecule has 0 fully saturated rings. The number of benzene rings is 1. The Morgan fingerprint density at radius 2 is 2.09 bits per heavy atom. The van der Waals surface area contributed by atoms with Crippen molar-refractivity contribution in [3.05, 3.63) is 35.4 Å². The highest BCUT2D eigenvalue weighted by Crippen LogP contribution is 2.34. The zero-order valence-corrected chi connectivity index (χ0v) is 13.8. The van der Waals surface area contributed by atoms with Crippen LogP contribution in [-0.4, -0.2) is 23.3 Å². The predicted molar refractivity (Wildman–Crippen MR) is 86.7 cm³/mol. The van der Waals surface area contributed by atoms with Crippen LogP contribution in [0.2, 0.25) is 0 Å². The molecule has 0 heterocycles. The zero-order chi connectivity index (χ0) is 16.2. The largest absolute Gasteiger partial charge is 0.444 e. The molecule has 1 unspecified atom stereocenters. The molecule has 1 aromatic carbocycles. The van der Waals surface area contributed by atoms with Gasteiger partial charge in [-0.2, -0.15) is 0 Å². The number of hydrogen-bond donors (Lipinski definition) is 2. The number of aliphatic hydroxyl groups excluding tert-OH is 1. The fourth-order valence-corrected chi connectivity index (χ4v) is 3.00. The molecule has 0 saturated heterocycles. The lowest BCUT2D eigenvalue weighted by Gasteiger charge is -2.28. The number of carbonyl (C=O) groups excluding carboxylic acids is 1. The number of alkyl carbamates (subject to hydrolysis) is 1. The quantitative estimate of drug-likeness (QED) is 0.836. The van der Waals surface area contributed by atoms with Crippen LogP contribution in [0.3, 0.4) is 0 Å². The third-order valence-electron chi connectivity index (χ3n) is 3.94. The Hall–Kier alpha value is -1.55. The molecule has 1 aliphatic carbocycles. The second-order valence-corrected chi connectivity index (χ2v) is 7.09. The third kappa shape index (κ3) is 5.02. The first-order valence-corrected chi connectivity index (χ1v) is 8.08. The van der Waals surface area contributed by atoms with Gasteiger partial charge in [0.15, 0.2) is 0 Å². The molecule has 2 N–H and O–H groups in total. The Kier molecular flexibility index (Phi) is 5.46. The summed E-state index contributed by atoms with van der Waals surface area (Å²) in [5.41, 5.74) is 1.87. The van der Waals surface area contributed by atoms with Gasteiger partial charge in [-0.05, 0) is 63.5 Å². The van der Waals surface area contributed by atoms with Gasteiger partial charge in [-0.3, -0.25) is 0 Å². The molecule has 4 heteroatoms. The van der Waals surface area contributed by atoms with Gasteiger partial charge < -0.3 is 15.2 Å². The first kappa shape index (κ1) is 16.8. The van der Waals surface area contributed by atoms with E-state index in [2.05, 4.69) is 11.4 Å². The molecule has 0 spiro atoms. The first-order chi connectivity index (χ1) is 10.3. The van der Waals surface area contributed by atoms with Crippen LogP contribution in [0.15, 0.2) is 24.3 Å². The van der Waals surface area contributed by atoms with Crippen LogP contribution in [0.4, 0.5) is 4.79 Å². The molecule has 2 rings (SSSR count). The molecule has 22 heavy (non-hydrogen) atoms.